The van der Waals surface area contributed by atoms with Crippen molar-refractivity contribution in [2.75, 3.05) is 13.2 Å². The fourth-order valence-corrected chi connectivity index (χ4v) is 2.64. The molecule has 0 spiro atoms. The van der Waals surface area contributed by atoms with Crippen molar-refractivity contribution in [3.63, 3.8) is 0 Å². The predicted molar refractivity (Wildman–Crippen MR) is 81.9 cm³/mol. The van der Waals surface area contributed by atoms with Gasteiger partial charge in [0.05, 0.1) is 4.92 Å². The first-order valence-electron chi connectivity index (χ1n) is 7.37. The number of amides is 2. The average molecular weight is 321 g/mol. The number of piperidine rings is 1. The highest BCUT2D eigenvalue weighted by Gasteiger charge is 2.31. The van der Waals surface area contributed by atoms with Crippen LogP contribution in [0.1, 0.15) is 24.8 Å². The number of rotatable bonds is 5. The molecule has 8 nitrogen and oxygen atoms in total. The summed E-state index contributed by atoms with van der Waals surface area (Å²) in [6.07, 6.45) is 2.16. The zero-order valence-corrected chi connectivity index (χ0v) is 12.9. The van der Waals surface area contributed by atoms with Crippen molar-refractivity contribution in [3.8, 4) is 5.75 Å². The Hall–Kier alpha value is -2.64. The Kier molecular flexibility index (Phi) is 5.15. The lowest BCUT2D eigenvalue weighted by Crippen LogP contribution is -2.51. The van der Waals surface area contributed by atoms with Crippen LogP contribution in [-0.2, 0) is 9.59 Å². The Labute approximate surface area is 133 Å². The molecule has 1 heterocycles. The highest BCUT2D eigenvalue weighted by Crippen LogP contribution is 2.28. The fraction of sp³-hybridized carbons (Fsp3) is 0.467. The fourth-order valence-electron chi connectivity index (χ4n) is 2.64. The Morgan fingerprint density at radius 1 is 1.43 bits per heavy atom. The smallest absolute Gasteiger partial charge is 0.311 e. The minimum absolute atomic E-state index is 0.0292. The van der Waals surface area contributed by atoms with E-state index < -0.39 is 22.8 Å². The van der Waals surface area contributed by atoms with E-state index in [0.717, 1.165) is 18.4 Å². The number of ether oxygens (including phenoxy) is 1. The molecule has 0 radical (unpaired) electrons. The molecule has 1 aliphatic rings. The SMILES string of the molecule is Cc1ccc(OCC(=O)N2CCCCC2C(N)=O)c([N+](=O)[O-])c1. The summed E-state index contributed by atoms with van der Waals surface area (Å²) in [5, 5.41) is 11.0. The van der Waals surface area contributed by atoms with Gasteiger partial charge in [0.15, 0.2) is 12.4 Å². The predicted octanol–water partition coefficient (Wildman–Crippen LogP) is 1.15. The number of primary amides is 1. The number of likely N-dealkylation sites (tertiary alicyclic amines) is 1. The van der Waals surface area contributed by atoms with E-state index in [1.54, 1.807) is 13.0 Å². The normalized spacial score (nSPS) is 17.6. The lowest BCUT2D eigenvalue weighted by atomic mass is 10.0. The Balaban J connectivity index is 2.07. The monoisotopic (exact) mass is 321 g/mol. The van der Waals surface area contributed by atoms with Crippen molar-refractivity contribution in [2.45, 2.75) is 32.2 Å². The zero-order chi connectivity index (χ0) is 17.0. The number of aryl methyl sites for hydroxylation is 1. The minimum atomic E-state index is -0.632. The van der Waals surface area contributed by atoms with Gasteiger partial charge in [-0.1, -0.05) is 6.07 Å². The highest BCUT2D eigenvalue weighted by molar-refractivity contribution is 5.87. The lowest BCUT2D eigenvalue weighted by Gasteiger charge is -2.33. The van der Waals surface area contributed by atoms with Crippen LogP contribution in [0.4, 0.5) is 5.69 Å². The van der Waals surface area contributed by atoms with E-state index in [-0.39, 0.29) is 18.0 Å². The van der Waals surface area contributed by atoms with Gasteiger partial charge in [0.2, 0.25) is 5.91 Å². The third kappa shape index (κ3) is 3.97. The van der Waals surface area contributed by atoms with Crippen LogP contribution in [0, 0.1) is 17.0 Å². The maximum absolute atomic E-state index is 12.3. The highest BCUT2D eigenvalue weighted by atomic mass is 16.6. The van der Waals surface area contributed by atoms with E-state index in [1.807, 2.05) is 0 Å². The number of hydrogen-bond donors (Lipinski definition) is 1. The van der Waals surface area contributed by atoms with Gasteiger partial charge in [-0.05, 0) is 37.8 Å². The number of nitro groups is 1. The second-order valence-corrected chi connectivity index (χ2v) is 5.52. The quantitative estimate of drug-likeness (QED) is 0.645. The second-order valence-electron chi connectivity index (χ2n) is 5.52. The van der Waals surface area contributed by atoms with Crippen LogP contribution >= 0.6 is 0 Å². The standard InChI is InChI=1S/C15H19N3O5/c1-10-5-6-13(12(8-10)18(21)22)23-9-14(19)17-7-3-2-4-11(17)15(16)20/h5-6,8,11H,2-4,7,9H2,1H3,(H2,16,20). The van der Waals surface area contributed by atoms with Crippen molar-refractivity contribution in [2.24, 2.45) is 5.73 Å². The summed E-state index contributed by atoms with van der Waals surface area (Å²) in [4.78, 5) is 35.6. The molecule has 0 saturated carbocycles. The van der Waals surface area contributed by atoms with Crippen LogP contribution in [0.5, 0.6) is 5.75 Å². The lowest BCUT2D eigenvalue weighted by molar-refractivity contribution is -0.385. The summed E-state index contributed by atoms with van der Waals surface area (Å²) in [5.74, 6) is -0.913. The molecular weight excluding hydrogens is 302 g/mol. The molecule has 1 saturated heterocycles. The Morgan fingerprint density at radius 2 is 2.17 bits per heavy atom. The number of nitrogens with two attached hydrogens (primary N) is 1. The van der Waals surface area contributed by atoms with Gasteiger partial charge >= 0.3 is 5.69 Å². The molecule has 2 amide bonds. The Bertz CT molecular complexity index is 632. The number of nitrogens with zero attached hydrogens (tertiary/aromatic N) is 2. The van der Waals surface area contributed by atoms with Crippen molar-refractivity contribution in [1.29, 1.82) is 0 Å². The van der Waals surface area contributed by atoms with E-state index in [1.165, 1.54) is 17.0 Å². The van der Waals surface area contributed by atoms with Gasteiger partial charge in [0, 0.05) is 12.6 Å². The van der Waals surface area contributed by atoms with Gasteiger partial charge in [-0.2, -0.15) is 0 Å². The summed E-state index contributed by atoms with van der Waals surface area (Å²) < 4.78 is 5.31. The van der Waals surface area contributed by atoms with E-state index >= 15 is 0 Å². The molecule has 1 fully saturated rings. The van der Waals surface area contributed by atoms with Crippen molar-refractivity contribution in [1.82, 2.24) is 4.90 Å². The van der Waals surface area contributed by atoms with Gasteiger partial charge in [-0.15, -0.1) is 0 Å². The summed E-state index contributed by atoms with van der Waals surface area (Å²) in [7, 11) is 0. The van der Waals surface area contributed by atoms with Crippen LogP contribution in [0.25, 0.3) is 0 Å². The molecule has 0 aliphatic carbocycles. The molecule has 1 aliphatic heterocycles. The Morgan fingerprint density at radius 3 is 2.83 bits per heavy atom. The van der Waals surface area contributed by atoms with Gasteiger partial charge in [0.25, 0.3) is 5.91 Å². The molecule has 1 aromatic rings. The van der Waals surface area contributed by atoms with Gasteiger partial charge in [0.1, 0.15) is 6.04 Å². The first-order valence-corrected chi connectivity index (χ1v) is 7.37. The van der Waals surface area contributed by atoms with Crippen LogP contribution in [-0.4, -0.2) is 40.8 Å². The van der Waals surface area contributed by atoms with Gasteiger partial charge < -0.3 is 15.4 Å². The third-order valence-corrected chi connectivity index (χ3v) is 3.81. The maximum Gasteiger partial charge on any atom is 0.311 e. The van der Waals surface area contributed by atoms with Crippen molar-refractivity contribution >= 4 is 17.5 Å². The number of nitro benzene ring substituents is 1. The zero-order valence-electron chi connectivity index (χ0n) is 12.9. The molecule has 0 bridgehead atoms. The molecule has 2 N–H and O–H groups in total. The number of benzene rings is 1. The molecule has 0 aromatic heterocycles. The summed E-state index contributed by atoms with van der Waals surface area (Å²) in [5.41, 5.74) is 5.85. The summed E-state index contributed by atoms with van der Waals surface area (Å²) in [6, 6.07) is 3.88. The summed E-state index contributed by atoms with van der Waals surface area (Å²) >= 11 is 0. The molecule has 8 heteroatoms. The largest absolute Gasteiger partial charge is 0.477 e. The second kappa shape index (κ2) is 7.08. The molecule has 1 aromatic carbocycles. The topological polar surface area (TPSA) is 116 Å². The molecule has 2 rings (SSSR count). The van der Waals surface area contributed by atoms with Crippen LogP contribution < -0.4 is 10.5 Å². The number of carbonyl (C=O) groups excluding carboxylic acids is 2. The van der Waals surface area contributed by atoms with E-state index in [0.29, 0.717) is 13.0 Å². The van der Waals surface area contributed by atoms with E-state index in [9.17, 15) is 19.7 Å². The first kappa shape index (κ1) is 16.7. The van der Waals surface area contributed by atoms with Crippen molar-refractivity contribution < 1.29 is 19.2 Å². The molecule has 124 valence electrons. The number of hydrogen-bond acceptors (Lipinski definition) is 5. The van der Waals surface area contributed by atoms with E-state index in [2.05, 4.69) is 0 Å². The molecule has 1 unspecified atom stereocenters. The van der Waals surface area contributed by atoms with Crippen LogP contribution in [0.2, 0.25) is 0 Å². The molecule has 1 atom stereocenters. The molecular formula is C15H19N3O5. The van der Waals surface area contributed by atoms with Crippen LogP contribution in [0.3, 0.4) is 0 Å². The maximum atomic E-state index is 12.3. The van der Waals surface area contributed by atoms with Gasteiger partial charge in [-0.3, -0.25) is 19.7 Å². The average Bonchev–Trinajstić information content (AvgIpc) is 2.53. The van der Waals surface area contributed by atoms with Crippen LogP contribution in [0.15, 0.2) is 18.2 Å². The van der Waals surface area contributed by atoms with E-state index in [4.69, 9.17) is 10.5 Å². The van der Waals surface area contributed by atoms with Crippen molar-refractivity contribution in [3.05, 3.63) is 33.9 Å². The number of carbonyl (C=O) groups is 2. The van der Waals surface area contributed by atoms with Gasteiger partial charge in [-0.25, -0.2) is 0 Å². The summed E-state index contributed by atoms with van der Waals surface area (Å²) in [6.45, 7) is 1.80. The third-order valence-electron chi connectivity index (χ3n) is 3.81. The minimum Gasteiger partial charge on any atom is -0.477 e. The first-order chi connectivity index (χ1) is 10.9. The molecule has 23 heavy (non-hydrogen) atoms.